The lowest BCUT2D eigenvalue weighted by Crippen LogP contribution is -2.34. The molecular formula is C19H22N4O. The Labute approximate surface area is 141 Å². The van der Waals surface area contributed by atoms with Crippen molar-refractivity contribution in [2.75, 3.05) is 25.1 Å². The van der Waals surface area contributed by atoms with Crippen molar-refractivity contribution < 1.29 is 4.74 Å². The highest BCUT2D eigenvalue weighted by molar-refractivity contribution is 5.95. The number of aromatic nitrogens is 3. The van der Waals surface area contributed by atoms with Crippen LogP contribution in [0.1, 0.15) is 19.8 Å². The minimum Gasteiger partial charge on any atom is -0.497 e. The van der Waals surface area contributed by atoms with Crippen LogP contribution < -0.4 is 9.64 Å². The number of aromatic amines is 1. The van der Waals surface area contributed by atoms with Crippen LogP contribution in [0.4, 0.5) is 5.95 Å². The molecule has 1 N–H and O–H groups in total. The van der Waals surface area contributed by atoms with Crippen molar-refractivity contribution in [1.82, 2.24) is 15.0 Å². The number of fused-ring (bicyclic) bond motifs is 1. The normalized spacial score (nSPS) is 15.8. The summed E-state index contributed by atoms with van der Waals surface area (Å²) >= 11 is 0. The molecule has 0 unspecified atom stereocenters. The first-order valence-electron chi connectivity index (χ1n) is 8.48. The van der Waals surface area contributed by atoms with Crippen molar-refractivity contribution in [1.29, 1.82) is 0 Å². The van der Waals surface area contributed by atoms with Gasteiger partial charge in [0.1, 0.15) is 5.75 Å². The molecule has 1 fully saturated rings. The third-order valence-corrected chi connectivity index (χ3v) is 4.87. The van der Waals surface area contributed by atoms with Gasteiger partial charge in [0.25, 0.3) is 0 Å². The summed E-state index contributed by atoms with van der Waals surface area (Å²) in [6.45, 7) is 4.38. The van der Waals surface area contributed by atoms with Crippen LogP contribution in [-0.4, -0.2) is 35.2 Å². The smallest absolute Gasteiger partial charge is 0.225 e. The number of rotatable bonds is 3. The zero-order chi connectivity index (χ0) is 16.5. The number of ether oxygens (including phenoxy) is 1. The summed E-state index contributed by atoms with van der Waals surface area (Å²) in [7, 11) is 1.69. The molecule has 4 rings (SSSR count). The molecule has 2 aromatic heterocycles. The molecule has 0 bridgehead atoms. The second-order valence-electron chi connectivity index (χ2n) is 6.53. The maximum absolute atomic E-state index is 5.36. The molecule has 3 aromatic rings. The molecule has 0 aliphatic carbocycles. The Morgan fingerprint density at radius 3 is 2.83 bits per heavy atom. The standard InChI is InChI=1S/C19H22N4O/c1-13-6-9-23(10-7-13)19-20-8-5-18(22-19)16-12-21-17-4-3-14(24-2)11-15(16)17/h3-5,8,11-13,21H,6-7,9-10H2,1-2H3. The van der Waals surface area contributed by atoms with Gasteiger partial charge in [-0.3, -0.25) is 0 Å². The van der Waals surface area contributed by atoms with Gasteiger partial charge in [-0.15, -0.1) is 0 Å². The molecule has 1 saturated heterocycles. The van der Waals surface area contributed by atoms with Crippen molar-refractivity contribution in [3.8, 4) is 17.0 Å². The molecule has 0 atom stereocenters. The Balaban J connectivity index is 1.71. The predicted octanol–water partition coefficient (Wildman–Crippen LogP) is 3.87. The summed E-state index contributed by atoms with van der Waals surface area (Å²) in [6.07, 6.45) is 6.28. The number of methoxy groups -OCH3 is 1. The zero-order valence-electron chi connectivity index (χ0n) is 14.1. The highest BCUT2D eigenvalue weighted by Gasteiger charge is 2.18. The van der Waals surface area contributed by atoms with Crippen molar-refractivity contribution in [3.63, 3.8) is 0 Å². The first-order valence-corrected chi connectivity index (χ1v) is 8.48. The van der Waals surface area contributed by atoms with E-state index in [1.165, 1.54) is 12.8 Å². The second-order valence-corrected chi connectivity index (χ2v) is 6.53. The first-order chi connectivity index (χ1) is 11.7. The number of piperidine rings is 1. The summed E-state index contributed by atoms with van der Waals surface area (Å²) in [6, 6.07) is 8.01. The molecular weight excluding hydrogens is 300 g/mol. The Kier molecular flexibility index (Phi) is 3.84. The van der Waals surface area contributed by atoms with Crippen molar-refractivity contribution >= 4 is 16.9 Å². The molecule has 1 aliphatic heterocycles. The van der Waals surface area contributed by atoms with Crippen LogP contribution >= 0.6 is 0 Å². The minimum atomic E-state index is 0.797. The number of anilines is 1. The Bertz CT molecular complexity index is 849. The molecule has 0 amide bonds. The van der Waals surface area contributed by atoms with Gasteiger partial charge in [0.15, 0.2) is 0 Å². The van der Waals surface area contributed by atoms with Gasteiger partial charge in [-0.05, 0) is 43.0 Å². The molecule has 1 aliphatic rings. The van der Waals surface area contributed by atoms with Gasteiger partial charge < -0.3 is 14.6 Å². The average Bonchev–Trinajstić information content (AvgIpc) is 3.05. The van der Waals surface area contributed by atoms with Crippen molar-refractivity contribution in [2.24, 2.45) is 5.92 Å². The minimum absolute atomic E-state index is 0.797. The SMILES string of the molecule is COc1ccc2[nH]cc(-c3ccnc(N4CCC(C)CC4)n3)c2c1. The van der Waals surface area contributed by atoms with Gasteiger partial charge in [-0.25, -0.2) is 9.97 Å². The summed E-state index contributed by atoms with van der Waals surface area (Å²) in [5.41, 5.74) is 3.11. The number of nitrogens with zero attached hydrogens (tertiary/aromatic N) is 3. The first kappa shape index (κ1) is 15.0. The van der Waals surface area contributed by atoms with E-state index in [-0.39, 0.29) is 0 Å². The van der Waals surface area contributed by atoms with Gasteiger partial charge in [-0.2, -0.15) is 0 Å². The molecule has 5 nitrogen and oxygen atoms in total. The molecule has 24 heavy (non-hydrogen) atoms. The molecule has 0 spiro atoms. The van der Waals surface area contributed by atoms with Crippen LogP contribution in [0.5, 0.6) is 5.75 Å². The number of benzene rings is 1. The molecule has 3 heterocycles. The quantitative estimate of drug-likeness (QED) is 0.795. The molecule has 0 saturated carbocycles. The van der Waals surface area contributed by atoms with Crippen molar-refractivity contribution in [2.45, 2.75) is 19.8 Å². The van der Waals surface area contributed by atoms with Crippen LogP contribution in [0.25, 0.3) is 22.2 Å². The van der Waals surface area contributed by atoms with E-state index in [4.69, 9.17) is 9.72 Å². The van der Waals surface area contributed by atoms with Crippen LogP contribution in [0.3, 0.4) is 0 Å². The average molecular weight is 322 g/mol. The van der Waals surface area contributed by atoms with Crippen molar-refractivity contribution in [3.05, 3.63) is 36.7 Å². The topological polar surface area (TPSA) is 54.0 Å². The lowest BCUT2D eigenvalue weighted by Gasteiger charge is -2.30. The molecule has 0 radical (unpaired) electrons. The molecule has 5 heteroatoms. The fourth-order valence-corrected chi connectivity index (χ4v) is 3.30. The van der Waals surface area contributed by atoms with Gasteiger partial charge >= 0.3 is 0 Å². The number of H-pyrrole nitrogens is 1. The highest BCUT2D eigenvalue weighted by atomic mass is 16.5. The zero-order valence-corrected chi connectivity index (χ0v) is 14.1. The van der Waals surface area contributed by atoms with Gasteiger partial charge in [0, 0.05) is 41.9 Å². The lowest BCUT2D eigenvalue weighted by molar-refractivity contribution is 0.415. The van der Waals surface area contributed by atoms with E-state index in [1.54, 1.807) is 7.11 Å². The lowest BCUT2D eigenvalue weighted by atomic mass is 10.00. The van der Waals surface area contributed by atoms with Crippen LogP contribution in [-0.2, 0) is 0 Å². The van der Waals surface area contributed by atoms with E-state index in [2.05, 4.69) is 21.8 Å². The Morgan fingerprint density at radius 1 is 1.21 bits per heavy atom. The van der Waals surface area contributed by atoms with Gasteiger partial charge in [0.2, 0.25) is 5.95 Å². The summed E-state index contributed by atoms with van der Waals surface area (Å²) in [5, 5.41) is 1.12. The van der Waals surface area contributed by atoms with Gasteiger partial charge in [0.05, 0.1) is 12.8 Å². The monoisotopic (exact) mass is 322 g/mol. The fraction of sp³-hybridized carbons (Fsp3) is 0.368. The van der Waals surface area contributed by atoms with Crippen LogP contribution in [0.15, 0.2) is 36.7 Å². The largest absolute Gasteiger partial charge is 0.497 e. The molecule has 124 valence electrons. The van der Waals surface area contributed by atoms with E-state index in [1.807, 2.05) is 36.7 Å². The Morgan fingerprint density at radius 2 is 2.04 bits per heavy atom. The highest BCUT2D eigenvalue weighted by Crippen LogP contribution is 2.31. The van der Waals surface area contributed by atoms with E-state index in [9.17, 15) is 0 Å². The maximum atomic E-state index is 5.36. The third-order valence-electron chi connectivity index (χ3n) is 4.87. The fourth-order valence-electron chi connectivity index (χ4n) is 3.30. The summed E-state index contributed by atoms with van der Waals surface area (Å²) in [4.78, 5) is 14.9. The van der Waals surface area contributed by atoms with Gasteiger partial charge in [-0.1, -0.05) is 6.92 Å². The predicted molar refractivity (Wildman–Crippen MR) is 96.5 cm³/mol. The van der Waals surface area contributed by atoms with Crippen LogP contribution in [0, 0.1) is 5.92 Å². The summed E-state index contributed by atoms with van der Waals surface area (Å²) in [5.74, 6) is 2.48. The molecule has 1 aromatic carbocycles. The van der Waals surface area contributed by atoms with E-state index < -0.39 is 0 Å². The number of hydrogen-bond acceptors (Lipinski definition) is 4. The van der Waals surface area contributed by atoms with Crippen LogP contribution in [0.2, 0.25) is 0 Å². The van der Waals surface area contributed by atoms with E-state index in [0.717, 1.165) is 52.9 Å². The Hall–Kier alpha value is -2.56. The number of nitrogens with one attached hydrogen (secondary N) is 1. The van der Waals surface area contributed by atoms with E-state index >= 15 is 0 Å². The maximum Gasteiger partial charge on any atom is 0.225 e. The second kappa shape index (κ2) is 6.15. The third kappa shape index (κ3) is 2.70. The summed E-state index contributed by atoms with van der Waals surface area (Å²) < 4.78 is 5.36. The number of hydrogen-bond donors (Lipinski definition) is 1. The van der Waals surface area contributed by atoms with E-state index in [0.29, 0.717) is 0 Å².